The van der Waals surface area contributed by atoms with Gasteiger partial charge in [-0.25, -0.2) is 0 Å². The zero-order chi connectivity index (χ0) is 6.69. The van der Waals surface area contributed by atoms with Gasteiger partial charge >= 0.3 is 0 Å². The first-order chi connectivity index (χ1) is 4.33. The van der Waals surface area contributed by atoms with Gasteiger partial charge in [0.05, 0.1) is 6.07 Å². The van der Waals surface area contributed by atoms with E-state index < -0.39 is 0 Å². The van der Waals surface area contributed by atoms with Crippen LogP contribution in [0.5, 0.6) is 0 Å². The summed E-state index contributed by atoms with van der Waals surface area (Å²) < 4.78 is 0. The number of nitrogens with zero attached hydrogens (tertiary/aromatic N) is 1. The van der Waals surface area contributed by atoms with E-state index >= 15 is 0 Å². The zero-order valence-electron chi connectivity index (χ0n) is 5.46. The number of rotatable bonds is 0. The lowest BCUT2D eigenvalue weighted by atomic mass is 9.80. The van der Waals surface area contributed by atoms with Crippen molar-refractivity contribution in [3.63, 3.8) is 0 Å². The highest BCUT2D eigenvalue weighted by Crippen LogP contribution is 2.18. The first-order valence-electron chi connectivity index (χ1n) is 3.10. The van der Waals surface area contributed by atoms with Gasteiger partial charge in [0.1, 0.15) is 7.85 Å². The minimum atomic E-state index is 0.546. The van der Waals surface area contributed by atoms with E-state index in [0.29, 0.717) is 5.82 Å². The molecule has 0 bridgehead atoms. The lowest BCUT2D eigenvalue weighted by Gasteiger charge is -2.06. The van der Waals surface area contributed by atoms with Crippen LogP contribution < -0.4 is 0 Å². The van der Waals surface area contributed by atoms with Crippen molar-refractivity contribution in [1.82, 2.24) is 0 Å². The van der Waals surface area contributed by atoms with Gasteiger partial charge in [-0.1, -0.05) is 12.2 Å². The van der Waals surface area contributed by atoms with E-state index in [9.17, 15) is 0 Å². The maximum Gasteiger partial charge on any atom is 0.110 e. The molecule has 0 heterocycles. The lowest BCUT2D eigenvalue weighted by Crippen LogP contribution is -1.93. The van der Waals surface area contributed by atoms with Crippen molar-refractivity contribution >= 4 is 7.85 Å². The minimum absolute atomic E-state index is 0.546. The van der Waals surface area contributed by atoms with Gasteiger partial charge in [-0.3, -0.25) is 0 Å². The van der Waals surface area contributed by atoms with Crippen LogP contribution in [0.15, 0.2) is 23.8 Å². The molecule has 1 nitrogen and oxygen atoms in total. The number of nitriles is 1. The second-order valence-corrected chi connectivity index (χ2v) is 2.37. The maximum absolute atomic E-state index is 8.46. The Morgan fingerprint density at radius 2 is 2.56 bits per heavy atom. The third kappa shape index (κ3) is 1.46. The largest absolute Gasteiger partial charge is 0.193 e. The smallest absolute Gasteiger partial charge is 0.110 e. The zero-order valence-corrected chi connectivity index (χ0v) is 5.46. The fourth-order valence-electron chi connectivity index (χ4n) is 0.927. The van der Waals surface area contributed by atoms with Crippen molar-refractivity contribution in [2.75, 3.05) is 0 Å². The van der Waals surface area contributed by atoms with E-state index in [2.05, 4.69) is 20.0 Å². The molecule has 1 atom stereocenters. The SMILES string of the molecule is BC1C=CC=C(C#N)C1. The monoisotopic (exact) mass is 117 g/mol. The molecule has 0 aliphatic heterocycles. The van der Waals surface area contributed by atoms with Crippen molar-refractivity contribution < 1.29 is 0 Å². The van der Waals surface area contributed by atoms with Crippen LogP contribution >= 0.6 is 0 Å². The summed E-state index contributed by atoms with van der Waals surface area (Å²) in [4.78, 5) is 0. The quantitative estimate of drug-likeness (QED) is 0.431. The highest BCUT2D eigenvalue weighted by atomic mass is 14.2. The molecule has 2 heteroatoms. The molecule has 0 aromatic carbocycles. The molecule has 0 spiro atoms. The number of hydrogen-bond donors (Lipinski definition) is 0. The summed E-state index contributed by atoms with van der Waals surface area (Å²) in [6.07, 6.45) is 6.85. The molecule has 0 N–H and O–H groups in total. The van der Waals surface area contributed by atoms with Crippen LogP contribution in [0.4, 0.5) is 0 Å². The van der Waals surface area contributed by atoms with Crippen LogP contribution in [-0.4, -0.2) is 7.85 Å². The van der Waals surface area contributed by atoms with Crippen LogP contribution in [0, 0.1) is 11.3 Å². The Balaban J connectivity index is 2.69. The third-order valence-electron chi connectivity index (χ3n) is 1.42. The molecule has 9 heavy (non-hydrogen) atoms. The second-order valence-electron chi connectivity index (χ2n) is 2.37. The maximum atomic E-state index is 8.46. The molecule has 1 rings (SSSR count). The van der Waals surface area contributed by atoms with E-state index in [1.807, 2.05) is 12.2 Å². The van der Waals surface area contributed by atoms with Gasteiger partial charge in [0.2, 0.25) is 0 Å². The van der Waals surface area contributed by atoms with Crippen molar-refractivity contribution in [3.05, 3.63) is 23.8 Å². The van der Waals surface area contributed by atoms with Crippen molar-refractivity contribution in [2.24, 2.45) is 0 Å². The molecule has 1 unspecified atom stereocenters. The summed E-state index contributed by atoms with van der Waals surface area (Å²) >= 11 is 0. The molecule has 0 aromatic rings. The average molecular weight is 117 g/mol. The van der Waals surface area contributed by atoms with Crippen LogP contribution in [0.3, 0.4) is 0 Å². The van der Waals surface area contributed by atoms with Crippen LogP contribution in [0.25, 0.3) is 0 Å². The summed E-state index contributed by atoms with van der Waals surface area (Å²) in [5, 5.41) is 8.46. The average Bonchev–Trinajstić information content (AvgIpc) is 1.88. The summed E-state index contributed by atoms with van der Waals surface area (Å²) in [5.74, 6) is 0.546. The molecule has 1 aliphatic rings. The highest BCUT2D eigenvalue weighted by molar-refractivity contribution is 6.13. The fraction of sp³-hybridized carbons (Fsp3) is 0.286. The Morgan fingerprint density at radius 1 is 1.78 bits per heavy atom. The van der Waals surface area contributed by atoms with Crippen LogP contribution in [-0.2, 0) is 0 Å². The Kier molecular flexibility index (Phi) is 1.74. The summed E-state index contributed by atoms with van der Waals surface area (Å²) in [5.41, 5.74) is 0.894. The Hall–Kier alpha value is -0.965. The molecule has 1 aliphatic carbocycles. The number of allylic oxidation sites excluding steroid dienone is 4. The molecular weight excluding hydrogens is 109 g/mol. The van der Waals surface area contributed by atoms with Gasteiger partial charge in [0.15, 0.2) is 0 Å². The van der Waals surface area contributed by atoms with Crippen LogP contribution in [0.2, 0.25) is 5.82 Å². The van der Waals surface area contributed by atoms with E-state index in [1.54, 1.807) is 0 Å². The predicted molar refractivity (Wildman–Crippen MR) is 39.7 cm³/mol. The van der Waals surface area contributed by atoms with Crippen LogP contribution in [0.1, 0.15) is 6.42 Å². The van der Waals surface area contributed by atoms with Gasteiger partial charge in [-0.05, 0) is 18.3 Å². The Labute approximate surface area is 56.1 Å². The minimum Gasteiger partial charge on any atom is -0.193 e. The van der Waals surface area contributed by atoms with Gasteiger partial charge in [0.25, 0.3) is 0 Å². The Bertz CT molecular complexity index is 197. The lowest BCUT2D eigenvalue weighted by molar-refractivity contribution is 0.987. The van der Waals surface area contributed by atoms with Crippen molar-refractivity contribution in [1.29, 1.82) is 5.26 Å². The molecule has 44 valence electrons. The normalized spacial score (nSPS) is 24.8. The predicted octanol–water partition coefficient (Wildman–Crippen LogP) is 0.818. The van der Waals surface area contributed by atoms with E-state index in [1.165, 1.54) is 0 Å². The molecule has 0 fully saturated rings. The first kappa shape index (κ1) is 6.16. The molecule has 0 saturated heterocycles. The fourth-order valence-corrected chi connectivity index (χ4v) is 0.927. The van der Waals surface area contributed by atoms with E-state index in [-0.39, 0.29) is 0 Å². The van der Waals surface area contributed by atoms with E-state index in [0.717, 1.165) is 12.0 Å². The van der Waals surface area contributed by atoms with Gasteiger partial charge < -0.3 is 0 Å². The number of hydrogen-bond acceptors (Lipinski definition) is 1. The van der Waals surface area contributed by atoms with Crippen molar-refractivity contribution in [3.8, 4) is 6.07 Å². The third-order valence-corrected chi connectivity index (χ3v) is 1.42. The molecular formula is C7H8BN. The summed E-state index contributed by atoms with van der Waals surface area (Å²) in [6, 6.07) is 2.14. The van der Waals surface area contributed by atoms with Gasteiger partial charge in [-0.15, -0.1) is 0 Å². The summed E-state index contributed by atoms with van der Waals surface area (Å²) in [7, 11) is 2.11. The Morgan fingerprint density at radius 3 is 3.00 bits per heavy atom. The standard InChI is InChI=1S/C7H8BN/c8-7-3-1-2-6(4-7)5-9/h1-3,7H,4,8H2. The molecule has 0 amide bonds. The molecule has 0 aromatic heterocycles. The van der Waals surface area contributed by atoms with E-state index in [4.69, 9.17) is 5.26 Å². The highest BCUT2D eigenvalue weighted by Gasteiger charge is 2.04. The topological polar surface area (TPSA) is 23.8 Å². The second kappa shape index (κ2) is 2.54. The first-order valence-corrected chi connectivity index (χ1v) is 3.10. The van der Waals surface area contributed by atoms with Gasteiger partial charge in [0, 0.05) is 5.57 Å². The molecule has 0 saturated carbocycles. The molecule has 0 radical (unpaired) electrons. The summed E-state index contributed by atoms with van der Waals surface area (Å²) in [6.45, 7) is 0. The van der Waals surface area contributed by atoms with Gasteiger partial charge in [-0.2, -0.15) is 5.26 Å². The van der Waals surface area contributed by atoms with Crippen molar-refractivity contribution in [2.45, 2.75) is 12.2 Å².